The maximum atomic E-state index is 13.6. The van der Waals surface area contributed by atoms with Gasteiger partial charge in [-0.1, -0.05) is 11.6 Å². The molecule has 1 aromatic carbocycles. The third-order valence-electron chi connectivity index (χ3n) is 3.39. The molecular weight excluding hydrogens is 319 g/mol. The molecule has 5 nitrogen and oxygen atoms in total. The lowest BCUT2D eigenvalue weighted by atomic mass is 10.2. The van der Waals surface area contributed by atoms with E-state index in [2.05, 4.69) is 4.72 Å². The van der Waals surface area contributed by atoms with Crippen LogP contribution in [0.15, 0.2) is 17.0 Å². The molecule has 2 rings (SSSR count). The van der Waals surface area contributed by atoms with E-state index in [0.29, 0.717) is 6.42 Å². The average Bonchev–Trinajstić information content (AvgIpc) is 2.94. The number of hydrogen-bond donors (Lipinski definition) is 2. The molecule has 1 fully saturated rings. The van der Waals surface area contributed by atoms with E-state index in [9.17, 15) is 12.8 Å². The van der Waals surface area contributed by atoms with Gasteiger partial charge in [-0.2, -0.15) is 0 Å². The Morgan fingerprint density at radius 3 is 2.86 bits per heavy atom. The number of halogens is 2. The Morgan fingerprint density at radius 2 is 2.24 bits per heavy atom. The zero-order valence-corrected chi connectivity index (χ0v) is 13.0. The van der Waals surface area contributed by atoms with Gasteiger partial charge < -0.3 is 10.5 Å². The minimum absolute atomic E-state index is 0.0327. The fourth-order valence-corrected chi connectivity index (χ4v) is 3.53. The van der Waals surface area contributed by atoms with Crippen LogP contribution in [0.4, 0.5) is 4.39 Å². The number of nitrogens with two attached hydrogens (primary N) is 1. The molecule has 118 valence electrons. The summed E-state index contributed by atoms with van der Waals surface area (Å²) in [5.74, 6) is -0.792. The van der Waals surface area contributed by atoms with E-state index in [1.165, 1.54) is 6.07 Å². The molecule has 3 N–H and O–H groups in total. The van der Waals surface area contributed by atoms with Crippen molar-refractivity contribution in [3.63, 3.8) is 0 Å². The third kappa shape index (κ3) is 4.14. The molecule has 0 spiro atoms. The number of benzene rings is 1. The maximum absolute atomic E-state index is 13.6. The molecule has 8 heteroatoms. The minimum atomic E-state index is -3.78. The normalized spacial score (nSPS) is 19.1. The van der Waals surface area contributed by atoms with Crippen LogP contribution in [0, 0.1) is 5.82 Å². The molecule has 1 aromatic rings. The molecule has 1 saturated heterocycles. The monoisotopic (exact) mass is 336 g/mol. The van der Waals surface area contributed by atoms with E-state index in [0.717, 1.165) is 25.5 Å². The molecule has 0 aliphatic carbocycles. The predicted octanol–water partition coefficient (Wildman–Crippen LogP) is 1.79. The molecule has 1 atom stereocenters. The highest BCUT2D eigenvalue weighted by Crippen LogP contribution is 2.24. The number of sulfonamides is 1. The molecule has 1 heterocycles. The highest BCUT2D eigenvalue weighted by Gasteiger charge is 2.20. The van der Waals surface area contributed by atoms with E-state index in [1.54, 1.807) is 0 Å². The van der Waals surface area contributed by atoms with Crippen LogP contribution in [0.1, 0.15) is 24.8 Å². The summed E-state index contributed by atoms with van der Waals surface area (Å²) in [6.07, 6.45) is 2.63. The second-order valence-electron chi connectivity index (χ2n) is 4.90. The van der Waals surface area contributed by atoms with Gasteiger partial charge in [-0.15, -0.1) is 0 Å². The van der Waals surface area contributed by atoms with Gasteiger partial charge in [-0.05, 0) is 37.0 Å². The summed E-state index contributed by atoms with van der Waals surface area (Å²) in [7, 11) is -3.78. The van der Waals surface area contributed by atoms with Crippen LogP contribution in [0.2, 0.25) is 5.02 Å². The highest BCUT2D eigenvalue weighted by molar-refractivity contribution is 7.89. The van der Waals surface area contributed by atoms with Crippen LogP contribution in [0.3, 0.4) is 0 Å². The van der Waals surface area contributed by atoms with Gasteiger partial charge in [0.1, 0.15) is 5.82 Å². The average molecular weight is 337 g/mol. The molecule has 0 radical (unpaired) electrons. The summed E-state index contributed by atoms with van der Waals surface area (Å²) in [6, 6.07) is 2.19. The second kappa shape index (κ2) is 7.02. The molecule has 0 aromatic heterocycles. The lowest BCUT2D eigenvalue weighted by Crippen LogP contribution is -2.27. The lowest BCUT2D eigenvalue weighted by Gasteiger charge is -2.12. The SMILES string of the molecule is NCc1cc(S(=O)(=O)NCCC2CCCO2)cc(F)c1Cl. The first-order valence-electron chi connectivity index (χ1n) is 6.73. The van der Waals surface area contributed by atoms with Gasteiger partial charge >= 0.3 is 0 Å². The van der Waals surface area contributed by atoms with Crippen LogP contribution >= 0.6 is 11.6 Å². The fourth-order valence-electron chi connectivity index (χ4n) is 2.23. The summed E-state index contributed by atoms with van der Waals surface area (Å²) < 4.78 is 45.8. The number of hydrogen-bond acceptors (Lipinski definition) is 4. The van der Waals surface area contributed by atoms with Crippen molar-refractivity contribution in [2.24, 2.45) is 5.73 Å². The van der Waals surface area contributed by atoms with E-state index in [1.807, 2.05) is 0 Å². The molecule has 0 bridgehead atoms. The molecule has 0 amide bonds. The highest BCUT2D eigenvalue weighted by atomic mass is 35.5. The van der Waals surface area contributed by atoms with E-state index < -0.39 is 15.8 Å². The predicted molar refractivity (Wildman–Crippen MR) is 78.1 cm³/mol. The Bertz CT molecular complexity index is 604. The van der Waals surface area contributed by atoms with Crippen molar-refractivity contribution in [2.75, 3.05) is 13.2 Å². The van der Waals surface area contributed by atoms with E-state index in [-0.39, 0.29) is 34.7 Å². The van der Waals surface area contributed by atoms with Crippen LogP contribution in [0.25, 0.3) is 0 Å². The van der Waals surface area contributed by atoms with Gasteiger partial charge in [0.25, 0.3) is 0 Å². The molecular formula is C13H18ClFN2O3S. The zero-order valence-electron chi connectivity index (χ0n) is 11.4. The van der Waals surface area contributed by atoms with Crippen molar-refractivity contribution in [1.29, 1.82) is 0 Å². The number of rotatable bonds is 6. The maximum Gasteiger partial charge on any atom is 0.240 e. The van der Waals surface area contributed by atoms with Crippen molar-refractivity contribution in [3.8, 4) is 0 Å². The van der Waals surface area contributed by atoms with Crippen molar-refractivity contribution in [1.82, 2.24) is 4.72 Å². The van der Waals surface area contributed by atoms with Gasteiger partial charge in [0, 0.05) is 19.7 Å². The molecule has 1 aliphatic rings. The first-order chi connectivity index (χ1) is 9.94. The van der Waals surface area contributed by atoms with Crippen molar-refractivity contribution < 1.29 is 17.5 Å². The van der Waals surface area contributed by atoms with Crippen LogP contribution in [-0.4, -0.2) is 27.7 Å². The van der Waals surface area contributed by atoms with Crippen molar-refractivity contribution in [2.45, 2.75) is 36.8 Å². The smallest absolute Gasteiger partial charge is 0.240 e. The Hall–Kier alpha value is -0.730. The number of ether oxygens (including phenoxy) is 1. The fraction of sp³-hybridized carbons (Fsp3) is 0.538. The first-order valence-corrected chi connectivity index (χ1v) is 8.59. The van der Waals surface area contributed by atoms with Crippen LogP contribution < -0.4 is 10.5 Å². The Kier molecular flexibility index (Phi) is 5.56. The Balaban J connectivity index is 2.06. The van der Waals surface area contributed by atoms with Gasteiger partial charge in [-0.3, -0.25) is 0 Å². The topological polar surface area (TPSA) is 81.4 Å². The summed E-state index contributed by atoms with van der Waals surface area (Å²) >= 11 is 5.72. The quantitative estimate of drug-likeness (QED) is 0.829. The van der Waals surface area contributed by atoms with Gasteiger partial charge in [0.2, 0.25) is 10.0 Å². The van der Waals surface area contributed by atoms with Crippen molar-refractivity contribution in [3.05, 3.63) is 28.5 Å². The van der Waals surface area contributed by atoms with Crippen LogP contribution in [-0.2, 0) is 21.3 Å². The summed E-state index contributed by atoms with van der Waals surface area (Å²) in [6.45, 7) is 0.934. The Labute approximate surface area is 128 Å². The summed E-state index contributed by atoms with van der Waals surface area (Å²) in [4.78, 5) is -0.169. The first kappa shape index (κ1) is 16.6. The molecule has 1 aliphatic heterocycles. The largest absolute Gasteiger partial charge is 0.378 e. The Morgan fingerprint density at radius 1 is 1.48 bits per heavy atom. The standard InChI is InChI=1S/C13H18ClFN2O3S/c14-13-9(8-16)6-11(7-12(13)15)21(18,19)17-4-3-10-2-1-5-20-10/h6-7,10,17H,1-5,8,16H2. The number of nitrogens with one attached hydrogen (secondary N) is 1. The summed E-state index contributed by atoms with van der Waals surface area (Å²) in [5.41, 5.74) is 5.69. The molecule has 0 saturated carbocycles. The van der Waals surface area contributed by atoms with Gasteiger partial charge in [-0.25, -0.2) is 17.5 Å². The second-order valence-corrected chi connectivity index (χ2v) is 7.05. The minimum Gasteiger partial charge on any atom is -0.378 e. The van der Waals surface area contributed by atoms with E-state index >= 15 is 0 Å². The zero-order chi connectivity index (χ0) is 15.5. The summed E-state index contributed by atoms with van der Waals surface area (Å²) in [5, 5.41) is -0.143. The molecule has 1 unspecified atom stereocenters. The molecule has 21 heavy (non-hydrogen) atoms. The van der Waals surface area contributed by atoms with Gasteiger partial charge in [0.15, 0.2) is 0 Å². The van der Waals surface area contributed by atoms with Gasteiger partial charge in [0.05, 0.1) is 16.0 Å². The van der Waals surface area contributed by atoms with E-state index in [4.69, 9.17) is 22.1 Å². The van der Waals surface area contributed by atoms with Crippen LogP contribution in [0.5, 0.6) is 0 Å². The lowest BCUT2D eigenvalue weighted by molar-refractivity contribution is 0.105. The third-order valence-corrected chi connectivity index (χ3v) is 5.25. The van der Waals surface area contributed by atoms with Crippen molar-refractivity contribution >= 4 is 21.6 Å².